The molecular formula is C10H14ClNO3. The molecule has 0 amide bonds. The van der Waals surface area contributed by atoms with Crippen molar-refractivity contribution in [2.75, 3.05) is 20.7 Å². The number of likely N-dealkylation sites (N-methyl/N-ethyl adjacent to an activating group) is 1. The van der Waals surface area contributed by atoms with E-state index in [1.165, 1.54) is 13.2 Å². The van der Waals surface area contributed by atoms with Crippen LogP contribution in [0.2, 0.25) is 5.02 Å². The van der Waals surface area contributed by atoms with Crippen molar-refractivity contribution in [2.45, 2.75) is 6.42 Å². The molecule has 0 aliphatic carbocycles. The Bertz CT molecular complexity index is 355. The average molecular weight is 232 g/mol. The molecule has 0 atom stereocenters. The Balaban J connectivity index is 3.13. The highest BCUT2D eigenvalue weighted by Gasteiger charge is 2.16. The van der Waals surface area contributed by atoms with Crippen LogP contribution in [0.5, 0.6) is 17.2 Å². The van der Waals surface area contributed by atoms with E-state index < -0.39 is 0 Å². The van der Waals surface area contributed by atoms with E-state index in [-0.39, 0.29) is 16.5 Å². The summed E-state index contributed by atoms with van der Waals surface area (Å²) < 4.78 is 5.08. The number of halogens is 1. The van der Waals surface area contributed by atoms with Gasteiger partial charge in [-0.3, -0.25) is 0 Å². The van der Waals surface area contributed by atoms with Crippen LogP contribution in [-0.4, -0.2) is 30.9 Å². The first-order chi connectivity index (χ1) is 7.11. The van der Waals surface area contributed by atoms with Gasteiger partial charge < -0.3 is 20.3 Å². The molecule has 0 aliphatic rings. The lowest BCUT2D eigenvalue weighted by atomic mass is 10.1. The van der Waals surface area contributed by atoms with Crippen molar-refractivity contribution in [1.29, 1.82) is 0 Å². The molecule has 3 N–H and O–H groups in total. The van der Waals surface area contributed by atoms with Crippen LogP contribution in [-0.2, 0) is 6.42 Å². The molecule has 0 fully saturated rings. The second-order valence-electron chi connectivity index (χ2n) is 3.10. The van der Waals surface area contributed by atoms with Crippen molar-refractivity contribution in [3.8, 4) is 17.2 Å². The summed E-state index contributed by atoms with van der Waals surface area (Å²) >= 11 is 5.83. The molecule has 0 saturated heterocycles. The second kappa shape index (κ2) is 5.09. The molecule has 0 aromatic heterocycles. The Morgan fingerprint density at radius 2 is 2.13 bits per heavy atom. The molecule has 0 spiro atoms. The van der Waals surface area contributed by atoms with Gasteiger partial charge in [0.1, 0.15) is 10.8 Å². The molecule has 15 heavy (non-hydrogen) atoms. The third-order valence-electron chi connectivity index (χ3n) is 2.10. The molecule has 84 valence electrons. The predicted molar refractivity (Wildman–Crippen MR) is 59.0 cm³/mol. The number of nitrogens with one attached hydrogen (secondary N) is 1. The lowest BCUT2D eigenvalue weighted by molar-refractivity contribution is 0.383. The van der Waals surface area contributed by atoms with Crippen LogP contribution in [0.3, 0.4) is 0 Å². The zero-order valence-electron chi connectivity index (χ0n) is 8.67. The molecule has 1 aromatic carbocycles. The van der Waals surface area contributed by atoms with E-state index in [1.54, 1.807) is 0 Å². The molecule has 0 saturated carbocycles. The number of rotatable bonds is 4. The molecule has 0 bridgehead atoms. The van der Waals surface area contributed by atoms with Crippen molar-refractivity contribution in [1.82, 2.24) is 5.32 Å². The van der Waals surface area contributed by atoms with Crippen LogP contribution in [0.4, 0.5) is 0 Å². The maximum Gasteiger partial charge on any atom is 0.180 e. The topological polar surface area (TPSA) is 61.7 Å². The Morgan fingerprint density at radius 3 is 2.67 bits per heavy atom. The lowest BCUT2D eigenvalue weighted by Gasteiger charge is -2.12. The van der Waals surface area contributed by atoms with Crippen molar-refractivity contribution >= 4 is 11.6 Å². The van der Waals surface area contributed by atoms with Crippen LogP contribution in [0, 0.1) is 0 Å². The van der Waals surface area contributed by atoms with Crippen molar-refractivity contribution < 1.29 is 14.9 Å². The molecule has 0 heterocycles. The summed E-state index contributed by atoms with van der Waals surface area (Å²) in [5, 5.41) is 21.8. The summed E-state index contributed by atoms with van der Waals surface area (Å²) in [5.74, 6) is -0.171. The zero-order valence-corrected chi connectivity index (χ0v) is 9.43. The number of methoxy groups -OCH3 is 1. The van der Waals surface area contributed by atoms with Crippen LogP contribution in [0.1, 0.15) is 5.56 Å². The zero-order chi connectivity index (χ0) is 11.4. The van der Waals surface area contributed by atoms with Crippen molar-refractivity contribution in [3.63, 3.8) is 0 Å². The predicted octanol–water partition coefficient (Wildman–Crippen LogP) is 1.52. The molecular weight excluding hydrogens is 218 g/mol. The van der Waals surface area contributed by atoms with E-state index in [1.807, 2.05) is 7.05 Å². The minimum atomic E-state index is -0.346. The summed E-state index contributed by atoms with van der Waals surface area (Å²) in [6.45, 7) is 0.733. The Kier molecular flexibility index (Phi) is 4.05. The molecule has 0 radical (unpaired) electrons. The average Bonchev–Trinajstić information content (AvgIpc) is 2.23. The summed E-state index contributed by atoms with van der Waals surface area (Å²) in [5.41, 5.74) is 0.757. The number of phenolic OH excluding ortho intramolecular Hbond substituents is 2. The molecule has 4 nitrogen and oxygen atoms in total. The largest absolute Gasteiger partial charge is 0.504 e. The van der Waals surface area contributed by atoms with Crippen LogP contribution in [0.25, 0.3) is 0 Å². The van der Waals surface area contributed by atoms with Gasteiger partial charge in [-0.1, -0.05) is 11.6 Å². The highest BCUT2D eigenvalue weighted by Crippen LogP contribution is 2.42. The Labute approximate surface area is 93.4 Å². The van der Waals surface area contributed by atoms with Gasteiger partial charge in [0, 0.05) is 5.56 Å². The fourth-order valence-corrected chi connectivity index (χ4v) is 1.62. The highest BCUT2D eigenvalue weighted by atomic mass is 35.5. The first kappa shape index (κ1) is 11.9. The van der Waals surface area contributed by atoms with Gasteiger partial charge >= 0.3 is 0 Å². The van der Waals surface area contributed by atoms with E-state index in [9.17, 15) is 10.2 Å². The number of aromatic hydroxyl groups is 2. The smallest absolute Gasteiger partial charge is 0.180 e. The van der Waals surface area contributed by atoms with E-state index in [4.69, 9.17) is 16.3 Å². The fourth-order valence-electron chi connectivity index (χ4n) is 1.33. The maximum absolute atomic E-state index is 9.39. The van der Waals surface area contributed by atoms with E-state index in [0.717, 1.165) is 12.1 Å². The van der Waals surface area contributed by atoms with Crippen LogP contribution in [0.15, 0.2) is 6.07 Å². The van der Waals surface area contributed by atoms with E-state index >= 15 is 0 Å². The third kappa shape index (κ3) is 2.46. The van der Waals surface area contributed by atoms with Gasteiger partial charge in [-0.25, -0.2) is 0 Å². The summed E-state index contributed by atoms with van der Waals surface area (Å²) in [4.78, 5) is 0. The number of hydrogen-bond acceptors (Lipinski definition) is 4. The van der Waals surface area contributed by atoms with Crippen molar-refractivity contribution in [3.05, 3.63) is 16.7 Å². The van der Waals surface area contributed by atoms with Gasteiger partial charge in [-0.15, -0.1) is 0 Å². The monoisotopic (exact) mass is 231 g/mol. The van der Waals surface area contributed by atoms with Gasteiger partial charge in [0.15, 0.2) is 11.5 Å². The second-order valence-corrected chi connectivity index (χ2v) is 3.48. The Morgan fingerprint density at radius 1 is 1.47 bits per heavy atom. The highest BCUT2D eigenvalue weighted by molar-refractivity contribution is 6.33. The minimum absolute atomic E-state index is 0.0450. The lowest BCUT2D eigenvalue weighted by Crippen LogP contribution is -2.11. The summed E-state index contributed by atoms with van der Waals surface area (Å²) in [7, 11) is 3.30. The molecule has 0 aliphatic heterocycles. The summed E-state index contributed by atoms with van der Waals surface area (Å²) in [6.07, 6.45) is 0.660. The molecule has 1 aromatic rings. The van der Waals surface area contributed by atoms with Gasteiger partial charge in [0.25, 0.3) is 0 Å². The van der Waals surface area contributed by atoms with Crippen LogP contribution < -0.4 is 10.1 Å². The SMILES string of the molecule is CNCCc1cc(O)c(O)c(Cl)c1OC. The van der Waals surface area contributed by atoms with Crippen LogP contribution >= 0.6 is 11.6 Å². The number of benzene rings is 1. The quantitative estimate of drug-likeness (QED) is 0.688. The Hall–Kier alpha value is -1.13. The number of ether oxygens (including phenoxy) is 1. The van der Waals surface area contributed by atoms with Gasteiger partial charge in [0.2, 0.25) is 0 Å². The van der Waals surface area contributed by atoms with Gasteiger partial charge in [-0.2, -0.15) is 0 Å². The molecule has 1 rings (SSSR count). The molecule has 5 heteroatoms. The van der Waals surface area contributed by atoms with Gasteiger partial charge in [0.05, 0.1) is 7.11 Å². The normalized spacial score (nSPS) is 10.3. The van der Waals surface area contributed by atoms with E-state index in [2.05, 4.69) is 5.32 Å². The first-order valence-electron chi connectivity index (χ1n) is 4.53. The standard InChI is InChI=1S/C10H14ClNO3/c1-12-4-3-6-5-7(13)9(14)8(11)10(6)15-2/h5,12-14H,3-4H2,1-2H3. The van der Waals surface area contributed by atoms with E-state index in [0.29, 0.717) is 12.2 Å². The third-order valence-corrected chi connectivity index (χ3v) is 2.45. The number of phenols is 2. The number of hydrogen-bond donors (Lipinski definition) is 3. The summed E-state index contributed by atoms with van der Waals surface area (Å²) in [6, 6.07) is 1.46. The molecule has 0 unspecified atom stereocenters. The fraction of sp³-hybridized carbons (Fsp3) is 0.400. The minimum Gasteiger partial charge on any atom is -0.504 e. The maximum atomic E-state index is 9.39. The van der Waals surface area contributed by atoms with Crippen molar-refractivity contribution in [2.24, 2.45) is 0 Å². The first-order valence-corrected chi connectivity index (χ1v) is 4.91. The van der Waals surface area contributed by atoms with Gasteiger partial charge in [-0.05, 0) is 26.1 Å².